The summed E-state index contributed by atoms with van der Waals surface area (Å²) in [7, 11) is 0. The normalized spacial score (nSPS) is 27.9. The van der Waals surface area contributed by atoms with E-state index >= 15 is 4.39 Å². The molecule has 11 heteroatoms. The largest absolute Gasteiger partial charge is 0.443 e. The topological polar surface area (TPSA) is 122 Å². The molecule has 190 valence electrons. The van der Waals surface area contributed by atoms with Gasteiger partial charge in [-0.3, -0.25) is 14.5 Å². The molecule has 4 aromatic rings. The van der Waals surface area contributed by atoms with Gasteiger partial charge in [0.15, 0.2) is 5.82 Å². The summed E-state index contributed by atoms with van der Waals surface area (Å²) in [5.41, 5.74) is 3.95. The number of nitrogens with zero attached hydrogens (tertiary/aromatic N) is 5. The highest BCUT2D eigenvalue weighted by molar-refractivity contribution is 5.80. The molecule has 0 saturated heterocycles. The summed E-state index contributed by atoms with van der Waals surface area (Å²) in [6, 6.07) is 5.64. The third kappa shape index (κ3) is 3.71. The number of aromatic nitrogens is 6. The van der Waals surface area contributed by atoms with Gasteiger partial charge in [-0.05, 0) is 51.0 Å². The summed E-state index contributed by atoms with van der Waals surface area (Å²) < 4.78 is 22.6. The average molecular weight is 503 g/mol. The fourth-order valence-electron chi connectivity index (χ4n) is 6.12. The number of H-pyrrole nitrogens is 1. The third-order valence-electron chi connectivity index (χ3n) is 8.08. The van der Waals surface area contributed by atoms with Crippen LogP contribution in [-0.4, -0.2) is 53.5 Å². The minimum atomic E-state index is -1.30. The number of aryl methyl sites for hydroxylation is 1. The molecule has 3 atom stereocenters. The Morgan fingerprint density at radius 1 is 1.27 bits per heavy atom. The summed E-state index contributed by atoms with van der Waals surface area (Å²) >= 11 is 0. The molecule has 0 aromatic carbocycles. The maximum atomic E-state index is 15.3. The second kappa shape index (κ2) is 8.25. The van der Waals surface area contributed by atoms with Crippen LogP contribution >= 0.6 is 0 Å². The minimum absolute atomic E-state index is 0.0846. The summed E-state index contributed by atoms with van der Waals surface area (Å²) in [6.07, 6.45) is 8.60. The van der Waals surface area contributed by atoms with Crippen LogP contribution in [0.2, 0.25) is 0 Å². The Bertz CT molecular complexity index is 1470. The number of alkyl halides is 1. The number of rotatable bonds is 6. The van der Waals surface area contributed by atoms with Crippen LogP contribution in [-0.2, 0) is 4.74 Å². The predicted octanol–water partition coefficient (Wildman–Crippen LogP) is 4.43. The minimum Gasteiger partial charge on any atom is -0.443 e. The number of anilines is 2. The van der Waals surface area contributed by atoms with Crippen molar-refractivity contribution in [2.45, 2.75) is 62.8 Å². The van der Waals surface area contributed by atoms with Crippen LogP contribution in [0.3, 0.4) is 0 Å². The van der Waals surface area contributed by atoms with Crippen molar-refractivity contribution < 1.29 is 13.9 Å². The summed E-state index contributed by atoms with van der Waals surface area (Å²) in [5.74, 6) is 1.39. The summed E-state index contributed by atoms with van der Waals surface area (Å²) in [4.78, 5) is 25.8. The highest BCUT2D eigenvalue weighted by atomic mass is 19.1. The fourth-order valence-corrected chi connectivity index (χ4v) is 6.12. The molecule has 0 aliphatic heterocycles. The number of amides is 1. The summed E-state index contributed by atoms with van der Waals surface area (Å²) in [6.45, 7) is 1.93. The highest BCUT2D eigenvalue weighted by Crippen LogP contribution is 2.57. The van der Waals surface area contributed by atoms with Crippen LogP contribution in [0.4, 0.5) is 21.0 Å². The lowest BCUT2D eigenvalue weighted by Crippen LogP contribution is -2.68. The first-order valence-electron chi connectivity index (χ1n) is 12.7. The predicted molar refractivity (Wildman–Crippen MR) is 133 cm³/mol. The van der Waals surface area contributed by atoms with Gasteiger partial charge in [-0.2, -0.15) is 5.10 Å². The molecule has 1 amide bonds. The molecule has 2 bridgehead atoms. The number of alkyl carbamates (subject to hydrolysis) is 1. The van der Waals surface area contributed by atoms with Crippen molar-refractivity contribution >= 4 is 23.5 Å². The molecule has 4 aromatic heterocycles. The van der Waals surface area contributed by atoms with Gasteiger partial charge in [0.2, 0.25) is 5.95 Å². The first-order chi connectivity index (χ1) is 18.0. The number of ether oxygens (including phenoxy) is 1. The third-order valence-corrected chi connectivity index (χ3v) is 8.08. The number of hydrogen-bond acceptors (Lipinski definition) is 7. The molecular formula is C26H27FN8O2. The van der Waals surface area contributed by atoms with Crippen molar-refractivity contribution in [3.63, 3.8) is 0 Å². The molecule has 4 saturated carbocycles. The first kappa shape index (κ1) is 22.2. The highest BCUT2D eigenvalue weighted by Gasteiger charge is 2.58. The van der Waals surface area contributed by atoms with Crippen LogP contribution in [0.15, 0.2) is 43.0 Å². The van der Waals surface area contributed by atoms with Crippen LogP contribution in [0.25, 0.3) is 16.8 Å². The quantitative estimate of drug-likeness (QED) is 0.357. The Morgan fingerprint density at radius 2 is 2.14 bits per heavy atom. The van der Waals surface area contributed by atoms with E-state index in [9.17, 15) is 4.79 Å². The number of carbonyl (C=O) groups is 1. The van der Waals surface area contributed by atoms with Gasteiger partial charge in [-0.15, -0.1) is 0 Å². The Kier molecular flexibility index (Phi) is 4.95. The van der Waals surface area contributed by atoms with E-state index < -0.39 is 24.3 Å². The van der Waals surface area contributed by atoms with Gasteiger partial charge >= 0.3 is 6.09 Å². The zero-order valence-corrected chi connectivity index (χ0v) is 20.3. The van der Waals surface area contributed by atoms with Crippen LogP contribution in [0, 0.1) is 12.8 Å². The standard InChI is InChI=1S/C26H27FN8O2/c1-14-21(16-3-2-6-28-13-16)23-29-7-8-35(23)24(30-14)31-20-9-18(33-34-20)17-4-5-19(22(17)27)37-25(36)32-26-10-15(11-26)12-26/h2-3,6-9,13,15,17,19,22H,4-5,10-12H2,1H3,(H,32,36)(H2,30,31,33,34)/t15?,17-,19-,22-,26?/m1/s1. The van der Waals surface area contributed by atoms with Gasteiger partial charge < -0.3 is 15.4 Å². The van der Waals surface area contributed by atoms with E-state index in [1.807, 2.05) is 29.7 Å². The number of fused-ring (bicyclic) bond motifs is 1. The molecule has 0 spiro atoms. The smallest absolute Gasteiger partial charge is 0.407 e. The van der Waals surface area contributed by atoms with E-state index in [4.69, 9.17) is 9.72 Å². The number of nitrogens with one attached hydrogen (secondary N) is 3. The molecule has 4 fully saturated rings. The van der Waals surface area contributed by atoms with Crippen LogP contribution in [0.1, 0.15) is 49.4 Å². The molecule has 0 radical (unpaired) electrons. The Labute approximate surface area is 212 Å². The average Bonchev–Trinajstić information content (AvgIpc) is 3.58. The van der Waals surface area contributed by atoms with Gasteiger partial charge in [0.25, 0.3) is 0 Å². The van der Waals surface area contributed by atoms with Gasteiger partial charge in [0.05, 0.1) is 5.69 Å². The van der Waals surface area contributed by atoms with Crippen molar-refractivity contribution in [3.05, 3.63) is 54.4 Å². The van der Waals surface area contributed by atoms with Gasteiger partial charge in [-0.1, -0.05) is 6.07 Å². The lowest BCUT2D eigenvalue weighted by Gasteiger charge is -2.61. The number of pyridine rings is 1. The summed E-state index contributed by atoms with van der Waals surface area (Å²) in [5, 5.41) is 13.5. The molecule has 10 nitrogen and oxygen atoms in total. The lowest BCUT2D eigenvalue weighted by atomic mass is 9.50. The number of carbonyl (C=O) groups excluding carboxylic acids is 1. The van der Waals surface area contributed by atoms with E-state index in [-0.39, 0.29) is 5.54 Å². The van der Waals surface area contributed by atoms with Crippen molar-refractivity contribution in [1.29, 1.82) is 0 Å². The van der Waals surface area contributed by atoms with E-state index in [2.05, 4.69) is 30.8 Å². The number of aromatic amines is 1. The molecule has 0 unspecified atom stereocenters. The molecule has 4 aliphatic carbocycles. The van der Waals surface area contributed by atoms with Crippen molar-refractivity contribution in [2.75, 3.05) is 5.32 Å². The van der Waals surface area contributed by atoms with E-state index in [0.717, 1.165) is 47.6 Å². The van der Waals surface area contributed by atoms with Crippen molar-refractivity contribution in [1.82, 2.24) is 34.9 Å². The van der Waals surface area contributed by atoms with Crippen LogP contribution in [0.5, 0.6) is 0 Å². The fraction of sp³-hybridized carbons (Fsp3) is 0.423. The second-order valence-corrected chi connectivity index (χ2v) is 10.5. The van der Waals surface area contributed by atoms with Gasteiger partial charge in [0.1, 0.15) is 17.9 Å². The van der Waals surface area contributed by atoms with E-state index in [0.29, 0.717) is 30.3 Å². The SMILES string of the molecule is Cc1nc(Nc2cc([C@H]3CC[C@@H](OC(=O)NC45CC(C4)C5)[C@@H]3F)[nH]n2)n2ccnc2c1-c1cccnc1. The zero-order chi connectivity index (χ0) is 25.1. The Balaban J connectivity index is 1.06. The van der Waals surface area contributed by atoms with E-state index in [1.54, 1.807) is 24.7 Å². The number of halogens is 1. The van der Waals surface area contributed by atoms with Gasteiger partial charge in [0, 0.05) is 59.1 Å². The molecule has 4 heterocycles. The van der Waals surface area contributed by atoms with Crippen LogP contribution < -0.4 is 10.6 Å². The maximum Gasteiger partial charge on any atom is 0.407 e. The second-order valence-electron chi connectivity index (χ2n) is 10.5. The van der Waals surface area contributed by atoms with Crippen molar-refractivity contribution in [2.24, 2.45) is 5.92 Å². The van der Waals surface area contributed by atoms with Gasteiger partial charge in [-0.25, -0.2) is 19.2 Å². The molecule has 8 rings (SSSR count). The maximum absolute atomic E-state index is 15.3. The lowest BCUT2D eigenvalue weighted by molar-refractivity contribution is -0.0532. The molecule has 4 aliphatic rings. The molecule has 37 heavy (non-hydrogen) atoms. The number of hydrogen-bond donors (Lipinski definition) is 3. The molecule has 3 N–H and O–H groups in total. The Hall–Kier alpha value is -4.02. The van der Waals surface area contributed by atoms with Crippen molar-refractivity contribution in [3.8, 4) is 11.1 Å². The monoisotopic (exact) mass is 502 g/mol. The number of imidazole rings is 1. The van der Waals surface area contributed by atoms with E-state index in [1.165, 1.54) is 0 Å². The first-order valence-corrected chi connectivity index (χ1v) is 12.7. The Morgan fingerprint density at radius 3 is 2.89 bits per heavy atom. The zero-order valence-electron chi connectivity index (χ0n) is 20.3. The molecular weight excluding hydrogens is 475 g/mol.